The van der Waals surface area contributed by atoms with Crippen LogP contribution >= 0.6 is 0 Å². The average molecular weight is 239 g/mol. The van der Waals surface area contributed by atoms with Gasteiger partial charge in [0, 0.05) is 12.6 Å². The predicted molar refractivity (Wildman–Crippen MR) is 71.7 cm³/mol. The highest BCUT2D eigenvalue weighted by Crippen LogP contribution is 2.20. The highest BCUT2D eigenvalue weighted by Gasteiger charge is 2.09. The van der Waals surface area contributed by atoms with E-state index in [1.54, 1.807) is 6.07 Å². The highest BCUT2D eigenvalue weighted by molar-refractivity contribution is 5.66. The van der Waals surface area contributed by atoms with Gasteiger partial charge in [0.15, 0.2) is 0 Å². The van der Waals surface area contributed by atoms with E-state index in [-0.39, 0.29) is 11.9 Å². The molecule has 0 spiro atoms. The van der Waals surface area contributed by atoms with Gasteiger partial charge in [0.25, 0.3) is 0 Å². The van der Waals surface area contributed by atoms with Gasteiger partial charge in [0.2, 0.25) is 0 Å². The molecule has 0 heterocycles. The van der Waals surface area contributed by atoms with Gasteiger partial charge in [-0.15, -0.1) is 0 Å². The van der Waals surface area contributed by atoms with Gasteiger partial charge < -0.3 is 16.0 Å². The number of benzene rings is 1. The second-order valence-corrected chi connectivity index (χ2v) is 4.26. The predicted octanol–water partition coefficient (Wildman–Crippen LogP) is 2.55. The van der Waals surface area contributed by atoms with Crippen LogP contribution in [0.25, 0.3) is 0 Å². The molecular weight excluding hydrogens is 217 g/mol. The largest absolute Gasteiger partial charge is 0.397 e. The molecule has 17 heavy (non-hydrogen) atoms. The lowest BCUT2D eigenvalue weighted by molar-refractivity contribution is 0.295. The average Bonchev–Trinajstić information content (AvgIpc) is 2.31. The van der Waals surface area contributed by atoms with Crippen molar-refractivity contribution in [1.82, 2.24) is 4.90 Å². The third-order valence-electron chi connectivity index (χ3n) is 2.84. The van der Waals surface area contributed by atoms with E-state index < -0.39 is 0 Å². The Morgan fingerprint density at radius 2 is 2.00 bits per heavy atom. The lowest BCUT2D eigenvalue weighted by atomic mass is 10.2. The first-order valence-electron chi connectivity index (χ1n) is 6.10. The maximum absolute atomic E-state index is 13.1. The van der Waals surface area contributed by atoms with Gasteiger partial charge in [-0.1, -0.05) is 13.8 Å². The number of nitrogens with one attached hydrogen (secondary N) is 1. The quantitative estimate of drug-likeness (QED) is 0.750. The molecule has 0 aliphatic carbocycles. The van der Waals surface area contributed by atoms with Gasteiger partial charge in [-0.25, -0.2) is 4.39 Å². The number of nitrogen functional groups attached to an aromatic ring is 1. The molecule has 0 saturated carbocycles. The van der Waals surface area contributed by atoms with Crippen LogP contribution < -0.4 is 11.1 Å². The van der Waals surface area contributed by atoms with E-state index >= 15 is 0 Å². The Bertz CT molecular complexity index is 351. The summed E-state index contributed by atoms with van der Waals surface area (Å²) in [5, 5.41) is 3.24. The van der Waals surface area contributed by atoms with Gasteiger partial charge in [-0.3, -0.25) is 0 Å². The van der Waals surface area contributed by atoms with Gasteiger partial charge in [-0.05, 0) is 38.2 Å². The van der Waals surface area contributed by atoms with Crippen LogP contribution in [0.2, 0.25) is 0 Å². The minimum absolute atomic E-state index is 0.235. The number of nitrogens with two attached hydrogens (primary N) is 1. The van der Waals surface area contributed by atoms with Crippen LogP contribution in [0.4, 0.5) is 15.8 Å². The molecule has 1 aromatic rings. The number of nitrogens with zero attached hydrogens (tertiary/aromatic N) is 1. The Hall–Kier alpha value is -1.29. The topological polar surface area (TPSA) is 41.3 Å². The number of halogens is 1. The summed E-state index contributed by atoms with van der Waals surface area (Å²) < 4.78 is 13.1. The molecule has 0 aliphatic heterocycles. The van der Waals surface area contributed by atoms with E-state index in [0.29, 0.717) is 11.4 Å². The Morgan fingerprint density at radius 1 is 1.35 bits per heavy atom. The first-order valence-corrected chi connectivity index (χ1v) is 6.10. The molecule has 0 amide bonds. The van der Waals surface area contributed by atoms with Gasteiger partial charge in [0.05, 0.1) is 11.4 Å². The van der Waals surface area contributed by atoms with Gasteiger partial charge in [-0.2, -0.15) is 0 Å². The summed E-state index contributed by atoms with van der Waals surface area (Å²) in [6.07, 6.45) is 0. The van der Waals surface area contributed by atoms with E-state index in [1.807, 2.05) is 0 Å². The first kappa shape index (κ1) is 13.8. The molecule has 0 aromatic heterocycles. The number of rotatable bonds is 6. The highest BCUT2D eigenvalue weighted by atomic mass is 19.1. The summed E-state index contributed by atoms with van der Waals surface area (Å²) in [6, 6.07) is 4.63. The van der Waals surface area contributed by atoms with Crippen molar-refractivity contribution < 1.29 is 4.39 Å². The van der Waals surface area contributed by atoms with Crippen LogP contribution in [0.3, 0.4) is 0 Å². The summed E-state index contributed by atoms with van der Waals surface area (Å²) in [6.45, 7) is 9.29. The second-order valence-electron chi connectivity index (χ2n) is 4.26. The number of likely N-dealkylation sites (N-methyl/N-ethyl adjacent to an activating group) is 1. The Kier molecular flexibility index (Phi) is 5.22. The van der Waals surface area contributed by atoms with Crippen molar-refractivity contribution in [2.45, 2.75) is 26.8 Å². The third kappa shape index (κ3) is 4.23. The fourth-order valence-corrected chi connectivity index (χ4v) is 1.83. The number of hydrogen-bond acceptors (Lipinski definition) is 3. The van der Waals surface area contributed by atoms with Crippen molar-refractivity contribution in [3.8, 4) is 0 Å². The van der Waals surface area contributed by atoms with Crippen molar-refractivity contribution >= 4 is 11.4 Å². The summed E-state index contributed by atoms with van der Waals surface area (Å²) in [5.74, 6) is -0.267. The van der Waals surface area contributed by atoms with Crippen molar-refractivity contribution in [2.75, 3.05) is 30.7 Å². The van der Waals surface area contributed by atoms with Crippen LogP contribution in [-0.4, -0.2) is 30.6 Å². The number of hydrogen-bond donors (Lipinski definition) is 2. The molecule has 0 saturated heterocycles. The fourth-order valence-electron chi connectivity index (χ4n) is 1.83. The van der Waals surface area contributed by atoms with Crippen molar-refractivity contribution in [2.24, 2.45) is 0 Å². The van der Waals surface area contributed by atoms with E-state index in [4.69, 9.17) is 5.73 Å². The van der Waals surface area contributed by atoms with E-state index in [0.717, 1.165) is 19.6 Å². The zero-order valence-corrected chi connectivity index (χ0v) is 10.8. The van der Waals surface area contributed by atoms with Crippen LogP contribution in [0.15, 0.2) is 18.2 Å². The van der Waals surface area contributed by atoms with E-state index in [1.165, 1.54) is 12.1 Å². The minimum Gasteiger partial charge on any atom is -0.397 e. The summed E-state index contributed by atoms with van der Waals surface area (Å²) in [5.41, 5.74) is 7.04. The van der Waals surface area contributed by atoms with E-state index in [9.17, 15) is 4.39 Å². The summed E-state index contributed by atoms with van der Waals surface area (Å²) in [4.78, 5) is 2.31. The lowest BCUT2D eigenvalue weighted by Gasteiger charge is -2.24. The SMILES string of the molecule is CCN(CC)CC(C)Nc1cc(F)ccc1N. The maximum atomic E-state index is 13.1. The zero-order chi connectivity index (χ0) is 12.8. The summed E-state index contributed by atoms with van der Waals surface area (Å²) >= 11 is 0. The molecule has 0 aliphatic rings. The number of anilines is 2. The Balaban J connectivity index is 2.61. The van der Waals surface area contributed by atoms with Crippen molar-refractivity contribution in [3.05, 3.63) is 24.0 Å². The van der Waals surface area contributed by atoms with Crippen LogP contribution in [0.5, 0.6) is 0 Å². The molecule has 1 unspecified atom stereocenters. The van der Waals surface area contributed by atoms with Crippen LogP contribution in [-0.2, 0) is 0 Å². The Labute approximate surface area is 103 Å². The minimum atomic E-state index is -0.267. The molecule has 0 fully saturated rings. The molecule has 0 bridgehead atoms. The molecule has 96 valence electrons. The fraction of sp³-hybridized carbons (Fsp3) is 0.538. The molecule has 1 rings (SSSR count). The Morgan fingerprint density at radius 3 is 2.59 bits per heavy atom. The molecule has 0 radical (unpaired) electrons. The first-order chi connectivity index (χ1) is 8.06. The molecule has 3 nitrogen and oxygen atoms in total. The zero-order valence-electron chi connectivity index (χ0n) is 10.8. The standard InChI is InChI=1S/C13H22FN3/c1-4-17(5-2)9-10(3)16-13-8-11(14)6-7-12(13)15/h6-8,10,16H,4-5,9,15H2,1-3H3. The van der Waals surface area contributed by atoms with E-state index in [2.05, 4.69) is 31.0 Å². The third-order valence-corrected chi connectivity index (χ3v) is 2.84. The second kappa shape index (κ2) is 6.45. The molecule has 3 N–H and O–H groups in total. The van der Waals surface area contributed by atoms with Crippen LogP contribution in [0.1, 0.15) is 20.8 Å². The maximum Gasteiger partial charge on any atom is 0.125 e. The molecule has 1 atom stereocenters. The van der Waals surface area contributed by atoms with Crippen molar-refractivity contribution in [1.29, 1.82) is 0 Å². The van der Waals surface area contributed by atoms with Crippen LogP contribution in [0, 0.1) is 5.82 Å². The molecular formula is C13H22FN3. The van der Waals surface area contributed by atoms with Gasteiger partial charge in [0.1, 0.15) is 5.82 Å². The van der Waals surface area contributed by atoms with Gasteiger partial charge >= 0.3 is 0 Å². The smallest absolute Gasteiger partial charge is 0.125 e. The normalized spacial score (nSPS) is 12.8. The molecule has 1 aromatic carbocycles. The summed E-state index contributed by atoms with van der Waals surface area (Å²) in [7, 11) is 0. The monoisotopic (exact) mass is 239 g/mol. The van der Waals surface area contributed by atoms with Crippen molar-refractivity contribution in [3.63, 3.8) is 0 Å². The lowest BCUT2D eigenvalue weighted by Crippen LogP contribution is -2.34. The molecule has 4 heteroatoms.